The van der Waals surface area contributed by atoms with E-state index in [1.54, 1.807) is 6.20 Å². The van der Waals surface area contributed by atoms with Crippen molar-refractivity contribution in [2.45, 2.75) is 0 Å². The van der Waals surface area contributed by atoms with Crippen LogP contribution in [0.2, 0.25) is 5.02 Å². The summed E-state index contributed by atoms with van der Waals surface area (Å²) in [4.78, 5) is 9.28. The van der Waals surface area contributed by atoms with Gasteiger partial charge in [-0.2, -0.15) is 0 Å². The second-order valence-electron chi connectivity index (χ2n) is 5.71. The van der Waals surface area contributed by atoms with Gasteiger partial charge in [-0.25, -0.2) is 4.98 Å². The summed E-state index contributed by atoms with van der Waals surface area (Å²) in [6.45, 7) is 0. The van der Waals surface area contributed by atoms with E-state index in [0.29, 0.717) is 0 Å². The predicted molar refractivity (Wildman–Crippen MR) is 103 cm³/mol. The van der Waals surface area contributed by atoms with Crippen molar-refractivity contribution in [3.8, 4) is 33.8 Å². The summed E-state index contributed by atoms with van der Waals surface area (Å²) in [7, 11) is 0. The van der Waals surface area contributed by atoms with Crippen LogP contribution in [-0.4, -0.2) is 9.97 Å². The first-order valence-corrected chi connectivity index (χ1v) is 8.42. The maximum absolute atomic E-state index is 6.03. The Morgan fingerprint density at radius 3 is 2.00 bits per heavy atom. The van der Waals surface area contributed by atoms with Crippen molar-refractivity contribution in [1.29, 1.82) is 0 Å². The van der Waals surface area contributed by atoms with Gasteiger partial charge in [-0.1, -0.05) is 60.1 Å². The van der Waals surface area contributed by atoms with E-state index in [9.17, 15) is 0 Å². The summed E-state index contributed by atoms with van der Waals surface area (Å²) in [5.74, 6) is 0. The Balaban J connectivity index is 1.90. The van der Waals surface area contributed by atoms with Gasteiger partial charge in [0.15, 0.2) is 0 Å². The Hall–Kier alpha value is -2.97. The van der Waals surface area contributed by atoms with Gasteiger partial charge < -0.3 is 0 Å². The van der Waals surface area contributed by atoms with Gasteiger partial charge in [-0.05, 0) is 47.5 Å². The van der Waals surface area contributed by atoms with Crippen molar-refractivity contribution >= 4 is 11.6 Å². The van der Waals surface area contributed by atoms with Crippen LogP contribution in [0.4, 0.5) is 0 Å². The number of rotatable bonds is 3. The van der Waals surface area contributed by atoms with Crippen LogP contribution in [0.1, 0.15) is 0 Å². The molecule has 2 nitrogen and oxygen atoms in total. The van der Waals surface area contributed by atoms with Crippen molar-refractivity contribution in [3.63, 3.8) is 0 Å². The van der Waals surface area contributed by atoms with E-state index in [2.05, 4.69) is 29.2 Å². The Morgan fingerprint density at radius 2 is 1.28 bits per heavy atom. The van der Waals surface area contributed by atoms with Gasteiger partial charge in [0.05, 0.1) is 17.1 Å². The predicted octanol–water partition coefficient (Wildman–Crippen LogP) is 6.13. The number of hydrogen-bond acceptors (Lipinski definition) is 2. The molecular formula is C22H15ClN2. The molecule has 0 bridgehead atoms. The number of hydrogen-bond donors (Lipinski definition) is 0. The van der Waals surface area contributed by atoms with Crippen molar-refractivity contribution in [1.82, 2.24) is 9.97 Å². The molecule has 2 aromatic heterocycles. The van der Waals surface area contributed by atoms with Crippen molar-refractivity contribution in [2.24, 2.45) is 0 Å². The van der Waals surface area contributed by atoms with Crippen LogP contribution in [0.3, 0.4) is 0 Å². The minimum absolute atomic E-state index is 0.728. The lowest BCUT2D eigenvalue weighted by molar-refractivity contribution is 1.25. The third-order valence-electron chi connectivity index (χ3n) is 4.00. The lowest BCUT2D eigenvalue weighted by Gasteiger charge is -2.10. The summed E-state index contributed by atoms with van der Waals surface area (Å²) in [6, 6.07) is 28.1. The van der Waals surface area contributed by atoms with Crippen LogP contribution in [0.5, 0.6) is 0 Å². The zero-order valence-corrected chi connectivity index (χ0v) is 14.2. The number of pyridine rings is 2. The minimum Gasteiger partial charge on any atom is -0.255 e. The smallest absolute Gasteiger partial charge is 0.0899 e. The highest BCUT2D eigenvalue weighted by molar-refractivity contribution is 6.30. The summed E-state index contributed by atoms with van der Waals surface area (Å²) >= 11 is 6.03. The van der Waals surface area contributed by atoms with Crippen LogP contribution < -0.4 is 0 Å². The Labute approximate surface area is 151 Å². The molecule has 0 fully saturated rings. The lowest BCUT2D eigenvalue weighted by atomic mass is 10.0. The Bertz CT molecular complexity index is 924. The molecule has 0 unspecified atom stereocenters. The molecule has 120 valence electrons. The molecule has 0 aliphatic heterocycles. The summed E-state index contributed by atoms with van der Waals surface area (Å²) in [5, 5.41) is 0.728. The zero-order valence-electron chi connectivity index (χ0n) is 13.4. The maximum Gasteiger partial charge on any atom is 0.0899 e. The van der Waals surface area contributed by atoms with Gasteiger partial charge in [-0.3, -0.25) is 4.98 Å². The third-order valence-corrected chi connectivity index (χ3v) is 4.25. The SMILES string of the molecule is Clc1ccc(-c2cc(-c3ccccc3)nc(-c3ccccn3)c2)cc1. The highest BCUT2D eigenvalue weighted by Crippen LogP contribution is 2.30. The van der Waals surface area contributed by atoms with Gasteiger partial charge in [0.25, 0.3) is 0 Å². The molecule has 0 amide bonds. The van der Waals surface area contributed by atoms with Crippen molar-refractivity contribution < 1.29 is 0 Å². The number of aromatic nitrogens is 2. The summed E-state index contributed by atoms with van der Waals surface area (Å²) in [5.41, 5.74) is 5.90. The van der Waals surface area contributed by atoms with Crippen LogP contribution in [0.25, 0.3) is 33.8 Å². The first kappa shape index (κ1) is 15.6. The molecule has 0 saturated heterocycles. The van der Waals surface area contributed by atoms with E-state index in [-0.39, 0.29) is 0 Å². The molecule has 4 rings (SSSR count). The van der Waals surface area contributed by atoms with Crippen LogP contribution in [-0.2, 0) is 0 Å². The van der Waals surface area contributed by atoms with E-state index in [1.165, 1.54) is 0 Å². The average Bonchev–Trinajstić information content (AvgIpc) is 2.69. The second-order valence-corrected chi connectivity index (χ2v) is 6.15. The average molecular weight is 343 g/mol. The molecule has 2 aromatic carbocycles. The molecule has 0 saturated carbocycles. The Kier molecular flexibility index (Phi) is 4.28. The highest BCUT2D eigenvalue weighted by Gasteiger charge is 2.09. The second kappa shape index (κ2) is 6.88. The quantitative estimate of drug-likeness (QED) is 0.447. The van der Waals surface area contributed by atoms with E-state index in [1.807, 2.05) is 60.7 Å². The zero-order chi connectivity index (χ0) is 17.1. The molecule has 0 N–H and O–H groups in total. The number of benzene rings is 2. The van der Waals surface area contributed by atoms with E-state index in [0.717, 1.165) is 38.8 Å². The monoisotopic (exact) mass is 342 g/mol. The molecule has 3 heteroatoms. The third kappa shape index (κ3) is 3.44. The van der Waals surface area contributed by atoms with Gasteiger partial charge >= 0.3 is 0 Å². The largest absolute Gasteiger partial charge is 0.255 e. The van der Waals surface area contributed by atoms with Crippen molar-refractivity contribution in [2.75, 3.05) is 0 Å². The highest BCUT2D eigenvalue weighted by atomic mass is 35.5. The maximum atomic E-state index is 6.03. The lowest BCUT2D eigenvalue weighted by Crippen LogP contribution is -1.92. The van der Waals surface area contributed by atoms with Gasteiger partial charge in [0.2, 0.25) is 0 Å². The first-order chi connectivity index (χ1) is 12.3. The molecule has 0 radical (unpaired) electrons. The standard InChI is InChI=1S/C22H15ClN2/c23-19-11-9-16(10-12-19)18-14-21(17-6-2-1-3-7-17)25-22(15-18)20-8-4-5-13-24-20/h1-15H. The van der Waals surface area contributed by atoms with Crippen molar-refractivity contribution in [3.05, 3.63) is 96.1 Å². The first-order valence-electron chi connectivity index (χ1n) is 8.04. The summed E-state index contributed by atoms with van der Waals surface area (Å²) in [6.07, 6.45) is 1.79. The molecule has 0 aliphatic carbocycles. The van der Waals surface area contributed by atoms with Crippen LogP contribution in [0.15, 0.2) is 91.1 Å². The molecule has 4 aromatic rings. The molecule has 2 heterocycles. The normalized spacial score (nSPS) is 10.6. The minimum atomic E-state index is 0.728. The van der Waals surface area contributed by atoms with Gasteiger partial charge in [-0.15, -0.1) is 0 Å². The van der Waals surface area contributed by atoms with Gasteiger partial charge in [0.1, 0.15) is 0 Å². The number of halogens is 1. The molecular weight excluding hydrogens is 328 g/mol. The molecule has 0 spiro atoms. The molecule has 25 heavy (non-hydrogen) atoms. The van der Waals surface area contributed by atoms with E-state index in [4.69, 9.17) is 16.6 Å². The summed E-state index contributed by atoms with van der Waals surface area (Å²) < 4.78 is 0. The molecule has 0 atom stereocenters. The van der Waals surface area contributed by atoms with Gasteiger partial charge in [0, 0.05) is 16.8 Å². The fraction of sp³-hybridized carbons (Fsp3) is 0. The van der Waals surface area contributed by atoms with Crippen LogP contribution >= 0.6 is 11.6 Å². The van der Waals surface area contributed by atoms with E-state index < -0.39 is 0 Å². The topological polar surface area (TPSA) is 25.8 Å². The molecule has 0 aliphatic rings. The fourth-order valence-corrected chi connectivity index (χ4v) is 2.87. The number of nitrogens with zero attached hydrogens (tertiary/aromatic N) is 2. The van der Waals surface area contributed by atoms with Crippen LogP contribution in [0, 0.1) is 0 Å². The fourth-order valence-electron chi connectivity index (χ4n) is 2.74. The van der Waals surface area contributed by atoms with E-state index >= 15 is 0 Å². The Morgan fingerprint density at radius 1 is 0.560 bits per heavy atom.